The highest BCUT2D eigenvalue weighted by Crippen LogP contribution is 2.24. The van der Waals surface area contributed by atoms with E-state index < -0.39 is 12.3 Å². The number of benzene rings is 1. The highest BCUT2D eigenvalue weighted by molar-refractivity contribution is 5.74. The lowest BCUT2D eigenvalue weighted by molar-refractivity contribution is -0.274. The first-order valence-corrected chi connectivity index (χ1v) is 5.29. The van der Waals surface area contributed by atoms with Crippen molar-refractivity contribution in [2.45, 2.75) is 19.3 Å². The molecule has 1 aromatic carbocycles. The zero-order valence-corrected chi connectivity index (χ0v) is 10.0. The molecule has 5 nitrogen and oxygen atoms in total. The number of hydroxylamine groups is 1. The number of rotatable bonds is 6. The summed E-state index contributed by atoms with van der Waals surface area (Å²) in [5.74, 6) is -0.935. The first-order valence-electron chi connectivity index (χ1n) is 5.29. The van der Waals surface area contributed by atoms with Gasteiger partial charge in [-0.3, -0.25) is 9.63 Å². The van der Waals surface area contributed by atoms with Crippen molar-refractivity contribution < 1.29 is 27.5 Å². The van der Waals surface area contributed by atoms with Gasteiger partial charge >= 0.3 is 6.36 Å². The maximum absolute atomic E-state index is 11.9. The SMILES string of the molecule is CC(NOCC(N)=O)c1ccc(OC(F)(F)F)cc1. The number of alkyl halides is 3. The number of amides is 1. The molecule has 106 valence electrons. The van der Waals surface area contributed by atoms with E-state index in [1.54, 1.807) is 6.92 Å². The van der Waals surface area contributed by atoms with Gasteiger partial charge in [0.2, 0.25) is 5.91 Å². The molecule has 3 N–H and O–H groups in total. The van der Waals surface area contributed by atoms with Crippen LogP contribution in [0.1, 0.15) is 18.5 Å². The minimum atomic E-state index is -4.71. The fourth-order valence-electron chi connectivity index (χ4n) is 1.26. The monoisotopic (exact) mass is 278 g/mol. The molecule has 8 heteroatoms. The zero-order valence-electron chi connectivity index (χ0n) is 10.0. The van der Waals surface area contributed by atoms with Crippen molar-refractivity contribution in [2.75, 3.05) is 6.61 Å². The highest BCUT2D eigenvalue weighted by Gasteiger charge is 2.30. The van der Waals surface area contributed by atoms with Crippen LogP contribution in [0.5, 0.6) is 5.75 Å². The van der Waals surface area contributed by atoms with Crippen LogP contribution >= 0.6 is 0 Å². The van der Waals surface area contributed by atoms with E-state index in [9.17, 15) is 18.0 Å². The van der Waals surface area contributed by atoms with Gasteiger partial charge in [0, 0.05) is 0 Å². The normalized spacial score (nSPS) is 13.1. The van der Waals surface area contributed by atoms with Crippen molar-refractivity contribution in [1.29, 1.82) is 0 Å². The fraction of sp³-hybridized carbons (Fsp3) is 0.364. The van der Waals surface area contributed by atoms with E-state index in [-0.39, 0.29) is 18.4 Å². The number of primary amides is 1. The third-order valence-corrected chi connectivity index (χ3v) is 2.09. The van der Waals surface area contributed by atoms with Crippen LogP contribution in [-0.4, -0.2) is 18.9 Å². The Morgan fingerprint density at radius 3 is 2.42 bits per heavy atom. The minimum Gasteiger partial charge on any atom is -0.406 e. The van der Waals surface area contributed by atoms with Gasteiger partial charge in [-0.25, -0.2) is 0 Å². The lowest BCUT2D eigenvalue weighted by Crippen LogP contribution is -2.26. The lowest BCUT2D eigenvalue weighted by atomic mass is 10.1. The van der Waals surface area contributed by atoms with Crippen LogP contribution < -0.4 is 16.0 Å². The largest absolute Gasteiger partial charge is 0.573 e. The van der Waals surface area contributed by atoms with Crippen molar-refractivity contribution in [3.05, 3.63) is 29.8 Å². The molecule has 1 unspecified atom stereocenters. The van der Waals surface area contributed by atoms with Crippen molar-refractivity contribution >= 4 is 5.91 Å². The van der Waals surface area contributed by atoms with Crippen molar-refractivity contribution in [3.8, 4) is 5.75 Å². The highest BCUT2D eigenvalue weighted by atomic mass is 19.4. The van der Waals surface area contributed by atoms with Crippen LogP contribution in [-0.2, 0) is 9.63 Å². The average Bonchev–Trinajstić information content (AvgIpc) is 2.27. The molecular formula is C11H13F3N2O3. The Bertz CT molecular complexity index is 420. The summed E-state index contributed by atoms with van der Waals surface area (Å²) in [6.07, 6.45) is -4.71. The standard InChI is InChI=1S/C11H13F3N2O3/c1-7(16-18-6-10(15)17)8-2-4-9(5-3-8)19-11(12,13)14/h2-5,7,16H,6H2,1H3,(H2,15,17). The minimum absolute atomic E-state index is 0.292. The number of nitrogens with one attached hydrogen (secondary N) is 1. The summed E-state index contributed by atoms with van der Waals surface area (Å²) in [5.41, 5.74) is 8.07. The second kappa shape index (κ2) is 6.39. The molecule has 0 bridgehead atoms. The zero-order chi connectivity index (χ0) is 14.5. The Morgan fingerprint density at radius 1 is 1.37 bits per heavy atom. The number of hydrogen-bond acceptors (Lipinski definition) is 4. The molecule has 0 aliphatic rings. The topological polar surface area (TPSA) is 73.6 Å². The molecule has 0 aliphatic carbocycles. The summed E-state index contributed by atoms with van der Waals surface area (Å²) in [4.78, 5) is 15.2. The summed E-state index contributed by atoms with van der Waals surface area (Å²) in [5, 5.41) is 0. The smallest absolute Gasteiger partial charge is 0.406 e. The van der Waals surface area contributed by atoms with Gasteiger partial charge in [-0.15, -0.1) is 13.2 Å². The molecule has 0 heterocycles. The molecule has 0 spiro atoms. The summed E-state index contributed by atoms with van der Waals surface area (Å²) in [7, 11) is 0. The lowest BCUT2D eigenvalue weighted by Gasteiger charge is -2.14. The summed E-state index contributed by atoms with van der Waals surface area (Å²) < 4.78 is 39.6. The van der Waals surface area contributed by atoms with E-state index in [1.165, 1.54) is 24.3 Å². The number of ether oxygens (including phenoxy) is 1. The number of nitrogens with two attached hydrogens (primary N) is 1. The molecule has 19 heavy (non-hydrogen) atoms. The van der Waals surface area contributed by atoms with E-state index in [4.69, 9.17) is 10.6 Å². The summed E-state index contributed by atoms with van der Waals surface area (Å²) in [6, 6.07) is 4.96. The van der Waals surface area contributed by atoms with E-state index >= 15 is 0 Å². The predicted molar refractivity (Wildman–Crippen MR) is 59.8 cm³/mol. The van der Waals surface area contributed by atoms with E-state index in [1.807, 2.05) is 0 Å². The Hall–Kier alpha value is -1.80. The summed E-state index contributed by atoms with van der Waals surface area (Å²) in [6.45, 7) is 1.42. The third kappa shape index (κ3) is 6.07. The second-order valence-corrected chi connectivity index (χ2v) is 3.71. The maximum Gasteiger partial charge on any atom is 0.573 e. The van der Waals surface area contributed by atoms with Gasteiger partial charge in [-0.1, -0.05) is 12.1 Å². The molecule has 1 atom stereocenters. The maximum atomic E-state index is 11.9. The van der Waals surface area contributed by atoms with Crippen LogP contribution in [0.3, 0.4) is 0 Å². The van der Waals surface area contributed by atoms with E-state index in [2.05, 4.69) is 10.2 Å². The molecule has 0 fully saturated rings. The molecule has 0 saturated heterocycles. The Balaban J connectivity index is 2.53. The van der Waals surface area contributed by atoms with E-state index in [0.717, 1.165) is 0 Å². The van der Waals surface area contributed by atoms with Crippen molar-refractivity contribution in [1.82, 2.24) is 5.48 Å². The van der Waals surface area contributed by atoms with Crippen LogP contribution in [0.25, 0.3) is 0 Å². The van der Waals surface area contributed by atoms with Crippen molar-refractivity contribution in [2.24, 2.45) is 5.73 Å². The van der Waals surface area contributed by atoms with Gasteiger partial charge in [0.25, 0.3) is 0 Å². The quantitative estimate of drug-likeness (QED) is 0.776. The number of carbonyl (C=O) groups excluding carboxylic acids is 1. The molecule has 1 amide bonds. The van der Waals surface area contributed by atoms with Gasteiger partial charge in [-0.05, 0) is 24.6 Å². The average molecular weight is 278 g/mol. The molecule has 1 aromatic rings. The summed E-state index contributed by atoms with van der Waals surface area (Å²) >= 11 is 0. The van der Waals surface area contributed by atoms with Crippen LogP contribution in [0.15, 0.2) is 24.3 Å². The number of hydrogen-bond donors (Lipinski definition) is 2. The molecule has 1 rings (SSSR count). The molecule has 0 aliphatic heterocycles. The number of halogens is 3. The van der Waals surface area contributed by atoms with Crippen LogP contribution in [0.4, 0.5) is 13.2 Å². The molecule has 0 radical (unpaired) electrons. The molecule has 0 saturated carbocycles. The van der Waals surface area contributed by atoms with Crippen LogP contribution in [0, 0.1) is 0 Å². The predicted octanol–water partition coefficient (Wildman–Crippen LogP) is 1.65. The van der Waals surface area contributed by atoms with Crippen LogP contribution in [0.2, 0.25) is 0 Å². The molecule has 0 aromatic heterocycles. The van der Waals surface area contributed by atoms with Gasteiger partial charge in [0.15, 0.2) is 0 Å². The van der Waals surface area contributed by atoms with Crippen molar-refractivity contribution in [3.63, 3.8) is 0 Å². The second-order valence-electron chi connectivity index (χ2n) is 3.71. The van der Waals surface area contributed by atoms with Gasteiger partial charge in [0.05, 0.1) is 6.04 Å². The third-order valence-electron chi connectivity index (χ3n) is 2.09. The van der Waals surface area contributed by atoms with Gasteiger partial charge in [0.1, 0.15) is 12.4 Å². The molecular weight excluding hydrogens is 265 g/mol. The van der Waals surface area contributed by atoms with E-state index in [0.29, 0.717) is 5.56 Å². The Morgan fingerprint density at radius 2 is 1.95 bits per heavy atom. The Labute approximate surface area is 107 Å². The fourth-order valence-corrected chi connectivity index (χ4v) is 1.26. The van der Waals surface area contributed by atoms with Gasteiger partial charge in [-0.2, -0.15) is 5.48 Å². The first kappa shape index (κ1) is 15.3. The Kier molecular flexibility index (Phi) is 5.13. The number of carbonyl (C=O) groups is 1. The first-order chi connectivity index (χ1) is 8.78. The van der Waals surface area contributed by atoms with Gasteiger partial charge < -0.3 is 10.5 Å².